The van der Waals surface area contributed by atoms with Crippen molar-refractivity contribution in [3.8, 4) is 11.1 Å². The van der Waals surface area contributed by atoms with Crippen LogP contribution in [0.1, 0.15) is 11.7 Å². The average molecular weight is 385 g/mol. The molecule has 4 rings (SSSR count). The van der Waals surface area contributed by atoms with Crippen LogP contribution in [0.15, 0.2) is 41.2 Å². The van der Waals surface area contributed by atoms with Gasteiger partial charge in [0.25, 0.3) is 5.56 Å². The van der Waals surface area contributed by atoms with Crippen LogP contribution in [0.3, 0.4) is 0 Å². The average Bonchev–Trinajstić information content (AvgIpc) is 2.85. The number of aliphatic hydroxyl groups is 1. The summed E-state index contributed by atoms with van der Waals surface area (Å²) in [6.45, 7) is 0.241. The molecule has 1 fully saturated rings. The number of halogens is 1. The lowest BCUT2D eigenvalue weighted by Crippen LogP contribution is -2.44. The first-order chi connectivity index (χ1) is 13.4. The number of hydrogen-bond donors (Lipinski definition) is 1. The van der Waals surface area contributed by atoms with E-state index in [0.717, 1.165) is 5.69 Å². The van der Waals surface area contributed by atoms with Gasteiger partial charge in [-0.1, -0.05) is 18.2 Å². The predicted molar refractivity (Wildman–Crippen MR) is 103 cm³/mol. The summed E-state index contributed by atoms with van der Waals surface area (Å²) in [7, 11) is 5.33. The van der Waals surface area contributed by atoms with E-state index >= 15 is 0 Å². The molecule has 2 aliphatic heterocycles. The Labute approximate surface area is 162 Å². The van der Waals surface area contributed by atoms with E-state index < -0.39 is 11.7 Å². The van der Waals surface area contributed by atoms with E-state index in [4.69, 9.17) is 0 Å². The second-order valence-electron chi connectivity index (χ2n) is 7.85. The quantitative estimate of drug-likeness (QED) is 0.866. The van der Waals surface area contributed by atoms with Gasteiger partial charge in [-0.15, -0.1) is 0 Å². The van der Waals surface area contributed by atoms with E-state index in [1.807, 2.05) is 13.1 Å². The molecule has 2 aliphatic rings. The largest absolute Gasteiger partial charge is 0.396 e. The number of benzene rings is 1. The minimum atomic E-state index is -0.440. The molecule has 1 aromatic heterocycles. The zero-order chi connectivity index (χ0) is 20.2. The Bertz CT molecular complexity index is 987. The first-order valence-electron chi connectivity index (χ1n) is 9.39. The van der Waals surface area contributed by atoms with Crippen LogP contribution < -0.4 is 5.56 Å². The maximum absolute atomic E-state index is 14.2. The molecule has 1 saturated heterocycles. The van der Waals surface area contributed by atoms with Crippen LogP contribution in [0, 0.1) is 17.7 Å². The van der Waals surface area contributed by atoms with E-state index in [1.165, 1.54) is 11.0 Å². The molecule has 28 heavy (non-hydrogen) atoms. The van der Waals surface area contributed by atoms with Crippen LogP contribution >= 0.6 is 0 Å². The highest BCUT2D eigenvalue weighted by Gasteiger charge is 2.54. The lowest BCUT2D eigenvalue weighted by molar-refractivity contribution is -0.135. The van der Waals surface area contributed by atoms with Gasteiger partial charge in [-0.2, -0.15) is 0 Å². The number of fused-ring (bicyclic) bond motifs is 4. The number of aliphatic hydroxyl groups excluding tert-OH is 1. The van der Waals surface area contributed by atoms with E-state index in [2.05, 4.69) is 4.90 Å². The molecule has 1 amide bonds. The fraction of sp³-hybridized carbons (Fsp3) is 0.429. The normalized spacial score (nSPS) is 26.2. The molecule has 0 unspecified atom stereocenters. The van der Waals surface area contributed by atoms with Crippen molar-refractivity contribution in [3.63, 3.8) is 0 Å². The third-order valence-corrected chi connectivity index (χ3v) is 6.24. The molecule has 148 valence electrons. The zero-order valence-electron chi connectivity index (χ0n) is 16.2. The van der Waals surface area contributed by atoms with Gasteiger partial charge in [-0.05, 0) is 25.2 Å². The summed E-state index contributed by atoms with van der Waals surface area (Å²) in [5.41, 5.74) is 1.05. The first kappa shape index (κ1) is 18.8. The number of carbonyl (C=O) groups is 1. The summed E-state index contributed by atoms with van der Waals surface area (Å²) < 4.78 is 15.9. The molecule has 2 aromatic rings. The summed E-state index contributed by atoms with van der Waals surface area (Å²) in [6, 6.07) is 9.25. The highest BCUT2D eigenvalue weighted by atomic mass is 19.1. The molecular formula is C21H24FN3O3. The van der Waals surface area contributed by atoms with Gasteiger partial charge < -0.3 is 14.6 Å². The number of rotatable bonds is 3. The third-order valence-electron chi connectivity index (χ3n) is 6.24. The molecule has 0 saturated carbocycles. The molecule has 0 radical (unpaired) electrons. The molecular weight excluding hydrogens is 361 g/mol. The Morgan fingerprint density at radius 1 is 1.21 bits per heavy atom. The standard InChI is InChI=1S/C21H24FN3O3/c1-23(2)21(28)18-14(11-26)17-10-25-16(19(18)24(17)3)9-8-13(20(25)27)12-6-4-5-7-15(12)22/h4-9,14,17-19,26H,10-11H2,1-3H3/t14-,17-,18+,19+/m1/s1. The van der Waals surface area contributed by atoms with Gasteiger partial charge in [-0.3, -0.25) is 14.5 Å². The van der Waals surface area contributed by atoms with Crippen LogP contribution in [-0.4, -0.2) is 59.2 Å². The summed E-state index contributed by atoms with van der Waals surface area (Å²) >= 11 is 0. The second kappa shape index (κ2) is 6.83. The summed E-state index contributed by atoms with van der Waals surface area (Å²) in [5, 5.41) is 10.0. The van der Waals surface area contributed by atoms with Gasteiger partial charge in [-0.25, -0.2) is 4.39 Å². The molecule has 0 spiro atoms. The lowest BCUT2D eigenvalue weighted by atomic mass is 9.86. The molecule has 1 N–H and O–H groups in total. The molecule has 1 aromatic carbocycles. The van der Waals surface area contributed by atoms with Crippen molar-refractivity contribution in [3.05, 3.63) is 58.3 Å². The van der Waals surface area contributed by atoms with E-state index in [0.29, 0.717) is 12.1 Å². The topological polar surface area (TPSA) is 65.8 Å². The van der Waals surface area contributed by atoms with Gasteiger partial charge in [0.2, 0.25) is 5.91 Å². The maximum atomic E-state index is 14.2. The predicted octanol–water partition coefficient (Wildman–Crippen LogP) is 1.34. The van der Waals surface area contributed by atoms with Crippen molar-refractivity contribution < 1.29 is 14.3 Å². The summed E-state index contributed by atoms with van der Waals surface area (Å²) in [6.07, 6.45) is 0. The van der Waals surface area contributed by atoms with E-state index in [-0.39, 0.29) is 41.6 Å². The van der Waals surface area contributed by atoms with Crippen molar-refractivity contribution in [1.82, 2.24) is 14.4 Å². The highest BCUT2D eigenvalue weighted by Crippen LogP contribution is 2.47. The van der Waals surface area contributed by atoms with Crippen molar-refractivity contribution in [2.24, 2.45) is 11.8 Å². The Kier molecular flexibility index (Phi) is 4.59. The highest BCUT2D eigenvalue weighted by molar-refractivity contribution is 5.80. The molecule has 6 nitrogen and oxygen atoms in total. The van der Waals surface area contributed by atoms with E-state index in [1.54, 1.807) is 42.9 Å². The number of hydrogen-bond acceptors (Lipinski definition) is 4. The number of carbonyl (C=O) groups excluding carboxylic acids is 1. The van der Waals surface area contributed by atoms with Gasteiger partial charge in [0, 0.05) is 50.5 Å². The van der Waals surface area contributed by atoms with Gasteiger partial charge in [0.1, 0.15) is 5.82 Å². The van der Waals surface area contributed by atoms with Crippen LogP contribution in [0.25, 0.3) is 11.1 Å². The number of nitrogens with zero attached hydrogens (tertiary/aromatic N) is 3. The van der Waals surface area contributed by atoms with Crippen LogP contribution in [0.2, 0.25) is 0 Å². The SMILES string of the molecule is CN(C)C(=O)[C@H]1[C@H](CO)[C@H]2Cn3c(ccc(-c4ccccc4F)c3=O)[C@@H]1N2C. The Morgan fingerprint density at radius 2 is 1.93 bits per heavy atom. The number of likely N-dealkylation sites (N-methyl/N-ethyl adjacent to an activating group) is 1. The summed E-state index contributed by atoms with van der Waals surface area (Å²) in [4.78, 5) is 29.7. The van der Waals surface area contributed by atoms with Gasteiger partial charge in [0.15, 0.2) is 0 Å². The third kappa shape index (κ3) is 2.61. The second-order valence-corrected chi connectivity index (χ2v) is 7.85. The fourth-order valence-electron chi connectivity index (χ4n) is 4.85. The smallest absolute Gasteiger partial charge is 0.258 e. The minimum absolute atomic E-state index is 0.0579. The van der Waals surface area contributed by atoms with Crippen molar-refractivity contribution >= 4 is 5.91 Å². The number of amides is 1. The lowest BCUT2D eigenvalue weighted by Gasteiger charge is -2.35. The number of pyridine rings is 1. The fourth-order valence-corrected chi connectivity index (χ4v) is 4.85. The first-order valence-corrected chi connectivity index (χ1v) is 9.39. The Hall–Kier alpha value is -2.51. The molecule has 7 heteroatoms. The molecule has 2 bridgehead atoms. The zero-order valence-corrected chi connectivity index (χ0v) is 16.2. The summed E-state index contributed by atoms with van der Waals surface area (Å²) in [5.74, 6) is -1.19. The van der Waals surface area contributed by atoms with Crippen molar-refractivity contribution in [2.75, 3.05) is 27.7 Å². The molecule has 4 atom stereocenters. The number of aromatic nitrogens is 1. The van der Waals surface area contributed by atoms with E-state index in [9.17, 15) is 19.1 Å². The van der Waals surface area contributed by atoms with Crippen LogP contribution in [0.4, 0.5) is 4.39 Å². The van der Waals surface area contributed by atoms with Gasteiger partial charge in [0.05, 0.1) is 17.5 Å². The Morgan fingerprint density at radius 3 is 2.57 bits per heavy atom. The monoisotopic (exact) mass is 385 g/mol. The minimum Gasteiger partial charge on any atom is -0.396 e. The van der Waals surface area contributed by atoms with Crippen molar-refractivity contribution in [1.29, 1.82) is 0 Å². The molecule has 3 heterocycles. The van der Waals surface area contributed by atoms with Crippen molar-refractivity contribution in [2.45, 2.75) is 18.6 Å². The Balaban J connectivity index is 1.87. The molecule has 0 aliphatic carbocycles. The van der Waals surface area contributed by atoms with Crippen LogP contribution in [0.5, 0.6) is 0 Å². The van der Waals surface area contributed by atoms with Gasteiger partial charge >= 0.3 is 0 Å². The van der Waals surface area contributed by atoms with Crippen LogP contribution in [-0.2, 0) is 11.3 Å². The maximum Gasteiger partial charge on any atom is 0.258 e.